The minimum absolute atomic E-state index is 0.372. The second kappa shape index (κ2) is 4.73. The predicted molar refractivity (Wildman–Crippen MR) is 65.0 cm³/mol. The standard InChI is InChI=1S/C11H13ClN4O/c1-16-9(6-14-15-16)11(13)8-5-7(12)3-4-10(8)17-2/h3-6,11H,13H2,1-2H3. The Morgan fingerprint density at radius 1 is 1.47 bits per heavy atom. The second-order valence-electron chi connectivity index (χ2n) is 3.65. The highest BCUT2D eigenvalue weighted by molar-refractivity contribution is 6.30. The van der Waals surface area contributed by atoms with E-state index in [0.29, 0.717) is 10.8 Å². The van der Waals surface area contributed by atoms with Crippen LogP contribution in [0.15, 0.2) is 24.4 Å². The SMILES string of the molecule is COc1ccc(Cl)cc1C(N)c1cnnn1C. The van der Waals surface area contributed by atoms with Crippen LogP contribution < -0.4 is 10.5 Å². The summed E-state index contributed by atoms with van der Waals surface area (Å²) in [5, 5.41) is 8.28. The quantitative estimate of drug-likeness (QED) is 0.900. The zero-order chi connectivity index (χ0) is 12.4. The summed E-state index contributed by atoms with van der Waals surface area (Å²) < 4.78 is 6.90. The van der Waals surface area contributed by atoms with E-state index in [-0.39, 0.29) is 6.04 Å². The van der Waals surface area contributed by atoms with Gasteiger partial charge < -0.3 is 10.5 Å². The van der Waals surface area contributed by atoms with Crippen molar-refractivity contribution in [2.24, 2.45) is 12.8 Å². The molecule has 0 aliphatic heterocycles. The maximum atomic E-state index is 6.17. The largest absolute Gasteiger partial charge is 0.496 e. The molecule has 1 aromatic heterocycles. The summed E-state index contributed by atoms with van der Waals surface area (Å²) in [5.74, 6) is 0.697. The Morgan fingerprint density at radius 2 is 2.24 bits per heavy atom. The summed E-state index contributed by atoms with van der Waals surface area (Å²) in [6, 6.07) is 4.97. The Kier molecular flexibility index (Phi) is 3.31. The van der Waals surface area contributed by atoms with Crippen LogP contribution in [0.5, 0.6) is 5.75 Å². The molecule has 0 amide bonds. The Hall–Kier alpha value is -1.59. The van der Waals surface area contributed by atoms with E-state index in [9.17, 15) is 0 Å². The third kappa shape index (κ3) is 2.25. The number of halogens is 1. The van der Waals surface area contributed by atoms with Gasteiger partial charge in [-0.1, -0.05) is 16.8 Å². The van der Waals surface area contributed by atoms with Crippen molar-refractivity contribution in [3.8, 4) is 5.75 Å². The zero-order valence-corrected chi connectivity index (χ0v) is 10.3. The summed E-state index contributed by atoms with van der Waals surface area (Å²) in [6.07, 6.45) is 1.63. The molecule has 2 rings (SSSR count). The van der Waals surface area contributed by atoms with Crippen LogP contribution in [0.3, 0.4) is 0 Å². The number of hydrogen-bond donors (Lipinski definition) is 1. The van der Waals surface area contributed by atoms with Gasteiger partial charge in [-0.3, -0.25) is 4.68 Å². The highest BCUT2D eigenvalue weighted by Gasteiger charge is 2.17. The zero-order valence-electron chi connectivity index (χ0n) is 9.59. The normalized spacial score (nSPS) is 12.5. The van der Waals surface area contributed by atoms with Gasteiger partial charge in [-0.05, 0) is 18.2 Å². The summed E-state index contributed by atoms with van der Waals surface area (Å²) in [5.41, 5.74) is 7.77. The molecule has 0 spiro atoms. The molecule has 0 bridgehead atoms. The highest BCUT2D eigenvalue weighted by atomic mass is 35.5. The smallest absolute Gasteiger partial charge is 0.124 e. The van der Waals surface area contributed by atoms with Crippen molar-refractivity contribution in [3.05, 3.63) is 40.7 Å². The molecule has 1 heterocycles. The number of nitrogens with two attached hydrogens (primary N) is 1. The topological polar surface area (TPSA) is 66.0 Å². The molecule has 0 aliphatic carbocycles. The summed E-state index contributed by atoms with van der Waals surface area (Å²) in [6.45, 7) is 0. The Bertz CT molecular complexity index is 526. The van der Waals surface area contributed by atoms with Gasteiger partial charge in [0.05, 0.1) is 25.0 Å². The van der Waals surface area contributed by atoms with Crippen LogP contribution in [0.25, 0.3) is 0 Å². The summed E-state index contributed by atoms with van der Waals surface area (Å²) in [7, 11) is 3.39. The molecule has 1 unspecified atom stereocenters. The van der Waals surface area contributed by atoms with E-state index in [2.05, 4.69) is 10.3 Å². The molecule has 2 N–H and O–H groups in total. The van der Waals surface area contributed by atoms with Gasteiger partial charge in [0.15, 0.2) is 0 Å². The number of aryl methyl sites for hydroxylation is 1. The highest BCUT2D eigenvalue weighted by Crippen LogP contribution is 2.30. The molecule has 6 heteroatoms. The fourth-order valence-corrected chi connectivity index (χ4v) is 1.87. The number of nitrogens with zero attached hydrogens (tertiary/aromatic N) is 3. The van der Waals surface area contributed by atoms with E-state index in [1.54, 1.807) is 43.2 Å². The van der Waals surface area contributed by atoms with Gasteiger partial charge in [0, 0.05) is 17.6 Å². The molecule has 0 saturated carbocycles. The van der Waals surface area contributed by atoms with Crippen molar-refractivity contribution in [1.82, 2.24) is 15.0 Å². The predicted octanol–water partition coefficient (Wildman–Crippen LogP) is 1.53. The summed E-state index contributed by atoms with van der Waals surface area (Å²) >= 11 is 5.97. The first kappa shape index (κ1) is 11.9. The van der Waals surface area contributed by atoms with E-state index in [4.69, 9.17) is 22.1 Å². The maximum absolute atomic E-state index is 6.17. The molecule has 0 fully saturated rings. The first-order valence-electron chi connectivity index (χ1n) is 5.07. The maximum Gasteiger partial charge on any atom is 0.124 e. The van der Waals surface area contributed by atoms with Crippen molar-refractivity contribution in [1.29, 1.82) is 0 Å². The van der Waals surface area contributed by atoms with Gasteiger partial charge in [-0.2, -0.15) is 0 Å². The molecule has 17 heavy (non-hydrogen) atoms. The van der Waals surface area contributed by atoms with E-state index < -0.39 is 0 Å². The molecular formula is C11H13ClN4O. The van der Waals surface area contributed by atoms with Crippen molar-refractivity contribution >= 4 is 11.6 Å². The van der Waals surface area contributed by atoms with Gasteiger partial charge in [-0.15, -0.1) is 5.10 Å². The van der Waals surface area contributed by atoms with Crippen molar-refractivity contribution < 1.29 is 4.74 Å². The van der Waals surface area contributed by atoms with Crippen molar-refractivity contribution in [3.63, 3.8) is 0 Å². The van der Waals surface area contributed by atoms with Crippen LogP contribution in [0.1, 0.15) is 17.3 Å². The van der Waals surface area contributed by atoms with E-state index in [1.165, 1.54) is 0 Å². The molecule has 1 aromatic carbocycles. The Labute approximate surface area is 104 Å². The van der Waals surface area contributed by atoms with Crippen LogP contribution in [-0.4, -0.2) is 22.1 Å². The fraction of sp³-hybridized carbons (Fsp3) is 0.273. The molecule has 1 atom stereocenters. The number of benzene rings is 1. The van der Waals surface area contributed by atoms with Crippen molar-refractivity contribution in [2.75, 3.05) is 7.11 Å². The molecule has 0 aliphatic rings. The number of ether oxygens (including phenoxy) is 1. The fourth-order valence-electron chi connectivity index (χ4n) is 1.69. The summed E-state index contributed by atoms with van der Waals surface area (Å²) in [4.78, 5) is 0. The molecule has 90 valence electrons. The average molecular weight is 253 g/mol. The Balaban J connectivity index is 2.46. The monoisotopic (exact) mass is 252 g/mol. The number of aromatic nitrogens is 3. The van der Waals surface area contributed by atoms with Gasteiger partial charge in [0.25, 0.3) is 0 Å². The minimum atomic E-state index is -0.372. The average Bonchev–Trinajstić information content (AvgIpc) is 2.74. The van der Waals surface area contributed by atoms with Gasteiger partial charge in [0.1, 0.15) is 5.75 Å². The van der Waals surface area contributed by atoms with Gasteiger partial charge in [0.2, 0.25) is 0 Å². The molecule has 0 saturated heterocycles. The van der Waals surface area contributed by atoms with Crippen LogP contribution >= 0.6 is 11.6 Å². The van der Waals surface area contributed by atoms with E-state index >= 15 is 0 Å². The van der Waals surface area contributed by atoms with Crippen LogP contribution in [-0.2, 0) is 7.05 Å². The third-order valence-electron chi connectivity index (χ3n) is 2.59. The molecular weight excluding hydrogens is 240 g/mol. The number of methoxy groups -OCH3 is 1. The van der Waals surface area contributed by atoms with Crippen molar-refractivity contribution in [2.45, 2.75) is 6.04 Å². The van der Waals surface area contributed by atoms with Crippen LogP contribution in [0.2, 0.25) is 5.02 Å². The molecule has 0 radical (unpaired) electrons. The lowest BCUT2D eigenvalue weighted by Gasteiger charge is -2.15. The second-order valence-corrected chi connectivity index (χ2v) is 4.08. The lowest BCUT2D eigenvalue weighted by atomic mass is 10.0. The van der Waals surface area contributed by atoms with Gasteiger partial charge >= 0.3 is 0 Å². The lowest BCUT2D eigenvalue weighted by Crippen LogP contribution is -2.16. The molecule has 2 aromatic rings. The Morgan fingerprint density at radius 3 is 2.82 bits per heavy atom. The first-order valence-corrected chi connectivity index (χ1v) is 5.45. The third-order valence-corrected chi connectivity index (χ3v) is 2.83. The van der Waals surface area contributed by atoms with Crippen LogP contribution in [0, 0.1) is 0 Å². The first-order chi connectivity index (χ1) is 8.13. The lowest BCUT2D eigenvalue weighted by molar-refractivity contribution is 0.407. The minimum Gasteiger partial charge on any atom is -0.496 e. The van der Waals surface area contributed by atoms with Crippen LogP contribution in [0.4, 0.5) is 0 Å². The number of hydrogen-bond acceptors (Lipinski definition) is 4. The number of rotatable bonds is 3. The van der Waals surface area contributed by atoms with E-state index in [1.807, 2.05) is 0 Å². The van der Waals surface area contributed by atoms with E-state index in [0.717, 1.165) is 11.3 Å². The molecule has 5 nitrogen and oxygen atoms in total. The van der Waals surface area contributed by atoms with Gasteiger partial charge in [-0.25, -0.2) is 0 Å².